The average molecular weight is 230 g/mol. The van der Waals surface area contributed by atoms with Gasteiger partial charge in [-0.05, 0) is 27.2 Å². The maximum atomic E-state index is 11.6. The molecule has 0 aromatic carbocycles. The second-order valence-electron chi connectivity index (χ2n) is 5.10. The number of carbonyl (C=O) groups is 2. The van der Waals surface area contributed by atoms with Crippen LogP contribution in [0, 0.1) is 0 Å². The summed E-state index contributed by atoms with van der Waals surface area (Å²) in [4.78, 5) is 22.7. The smallest absolute Gasteiger partial charge is 0.329 e. The van der Waals surface area contributed by atoms with Gasteiger partial charge in [-0.15, -0.1) is 0 Å². The van der Waals surface area contributed by atoms with Gasteiger partial charge >= 0.3 is 5.97 Å². The topological polar surface area (TPSA) is 92.4 Å². The molecule has 94 valence electrons. The number of hydrogen-bond acceptors (Lipinski definition) is 3. The van der Waals surface area contributed by atoms with Crippen LogP contribution >= 0.6 is 0 Å². The molecule has 0 spiro atoms. The third kappa shape index (κ3) is 5.11. The lowest BCUT2D eigenvalue weighted by Crippen LogP contribution is -2.53. The van der Waals surface area contributed by atoms with E-state index in [0.717, 1.165) is 0 Å². The van der Waals surface area contributed by atoms with Gasteiger partial charge in [-0.3, -0.25) is 4.79 Å². The molecule has 0 heterocycles. The van der Waals surface area contributed by atoms with Gasteiger partial charge in [0.25, 0.3) is 0 Å². The molecule has 0 bridgehead atoms. The number of carboxylic acids is 1. The summed E-state index contributed by atoms with van der Waals surface area (Å²) < 4.78 is 0. The van der Waals surface area contributed by atoms with E-state index in [-0.39, 0.29) is 12.3 Å². The zero-order valence-corrected chi connectivity index (χ0v) is 10.5. The summed E-state index contributed by atoms with van der Waals surface area (Å²) in [5, 5.41) is 11.6. The molecule has 0 rings (SSSR count). The molecule has 0 saturated heterocycles. The molecule has 5 nitrogen and oxygen atoms in total. The highest BCUT2D eigenvalue weighted by atomic mass is 16.4. The normalized spacial score (nSPS) is 15.3. The van der Waals surface area contributed by atoms with Gasteiger partial charge in [0.15, 0.2) is 0 Å². The summed E-state index contributed by atoms with van der Waals surface area (Å²) in [5.41, 5.74) is 3.87. The number of carboxylic acid groups (broad SMARTS) is 1. The molecule has 16 heavy (non-hydrogen) atoms. The van der Waals surface area contributed by atoms with Crippen LogP contribution in [0.3, 0.4) is 0 Å². The molecular weight excluding hydrogens is 208 g/mol. The summed E-state index contributed by atoms with van der Waals surface area (Å²) in [6.07, 6.45) is 1.20. The molecule has 5 heteroatoms. The van der Waals surface area contributed by atoms with E-state index < -0.39 is 17.0 Å². The summed E-state index contributed by atoms with van der Waals surface area (Å²) >= 11 is 0. The van der Waals surface area contributed by atoms with Crippen LogP contribution in [0.4, 0.5) is 0 Å². The van der Waals surface area contributed by atoms with E-state index in [0.29, 0.717) is 12.8 Å². The van der Waals surface area contributed by atoms with E-state index in [4.69, 9.17) is 10.8 Å². The van der Waals surface area contributed by atoms with Crippen LogP contribution in [0.25, 0.3) is 0 Å². The van der Waals surface area contributed by atoms with Crippen LogP contribution in [0.2, 0.25) is 0 Å². The second-order valence-corrected chi connectivity index (χ2v) is 5.10. The van der Waals surface area contributed by atoms with E-state index in [1.54, 1.807) is 13.8 Å². The predicted octanol–water partition coefficient (Wildman–Crippen LogP) is 0.873. The molecule has 0 aromatic rings. The highest BCUT2D eigenvalue weighted by Crippen LogP contribution is 2.14. The number of carbonyl (C=O) groups excluding carboxylic acids is 1. The van der Waals surface area contributed by atoms with Gasteiger partial charge in [-0.2, -0.15) is 0 Å². The molecule has 1 atom stereocenters. The molecule has 0 aliphatic carbocycles. The van der Waals surface area contributed by atoms with Gasteiger partial charge < -0.3 is 16.2 Å². The SMILES string of the molecule is CCCC(C)(NC(=O)CC(C)(C)N)C(=O)O. The minimum absolute atomic E-state index is 0.111. The quantitative estimate of drug-likeness (QED) is 0.631. The van der Waals surface area contributed by atoms with Crippen LogP contribution in [-0.2, 0) is 9.59 Å². The fourth-order valence-electron chi connectivity index (χ4n) is 1.49. The van der Waals surface area contributed by atoms with Crippen molar-refractivity contribution in [3.63, 3.8) is 0 Å². The minimum atomic E-state index is -1.20. The Morgan fingerprint density at radius 3 is 2.12 bits per heavy atom. The number of hydrogen-bond donors (Lipinski definition) is 3. The molecule has 0 fully saturated rings. The number of rotatable bonds is 6. The highest BCUT2D eigenvalue weighted by molar-refractivity contribution is 5.87. The van der Waals surface area contributed by atoms with Crippen LogP contribution in [0.15, 0.2) is 0 Å². The number of nitrogens with two attached hydrogens (primary N) is 1. The van der Waals surface area contributed by atoms with Crippen molar-refractivity contribution in [3.05, 3.63) is 0 Å². The van der Waals surface area contributed by atoms with Crippen molar-refractivity contribution >= 4 is 11.9 Å². The Kier molecular flexibility index (Phi) is 4.93. The van der Waals surface area contributed by atoms with Gasteiger partial charge in [0.1, 0.15) is 5.54 Å². The Hall–Kier alpha value is -1.10. The lowest BCUT2D eigenvalue weighted by molar-refractivity contribution is -0.147. The van der Waals surface area contributed by atoms with Gasteiger partial charge in [-0.1, -0.05) is 13.3 Å². The lowest BCUT2D eigenvalue weighted by Gasteiger charge is -2.27. The zero-order chi connectivity index (χ0) is 13.0. The van der Waals surface area contributed by atoms with Gasteiger partial charge in [-0.25, -0.2) is 4.79 Å². The fraction of sp³-hybridized carbons (Fsp3) is 0.818. The zero-order valence-electron chi connectivity index (χ0n) is 10.5. The number of nitrogens with one attached hydrogen (secondary N) is 1. The van der Waals surface area contributed by atoms with Crippen molar-refractivity contribution in [3.8, 4) is 0 Å². The summed E-state index contributed by atoms with van der Waals surface area (Å²) in [6.45, 7) is 6.84. The number of aliphatic carboxylic acids is 1. The van der Waals surface area contributed by atoms with Crippen molar-refractivity contribution in [2.24, 2.45) is 5.73 Å². The van der Waals surface area contributed by atoms with Crippen molar-refractivity contribution in [2.45, 2.75) is 58.0 Å². The highest BCUT2D eigenvalue weighted by Gasteiger charge is 2.34. The second kappa shape index (κ2) is 5.30. The van der Waals surface area contributed by atoms with Crippen molar-refractivity contribution < 1.29 is 14.7 Å². The Balaban J connectivity index is 4.53. The summed E-state index contributed by atoms with van der Waals surface area (Å²) in [5.74, 6) is -1.34. The molecule has 0 aliphatic rings. The fourth-order valence-corrected chi connectivity index (χ4v) is 1.49. The molecule has 1 unspecified atom stereocenters. The average Bonchev–Trinajstić information content (AvgIpc) is 1.99. The van der Waals surface area contributed by atoms with Gasteiger partial charge in [0.05, 0.1) is 0 Å². The Morgan fingerprint density at radius 1 is 1.31 bits per heavy atom. The number of amides is 1. The van der Waals surface area contributed by atoms with Crippen LogP contribution in [0.1, 0.15) is 47.0 Å². The van der Waals surface area contributed by atoms with Crippen molar-refractivity contribution in [1.82, 2.24) is 5.32 Å². The van der Waals surface area contributed by atoms with Crippen LogP contribution in [0.5, 0.6) is 0 Å². The molecule has 0 aliphatic heterocycles. The van der Waals surface area contributed by atoms with Crippen molar-refractivity contribution in [1.29, 1.82) is 0 Å². The van der Waals surface area contributed by atoms with E-state index >= 15 is 0 Å². The standard InChI is InChI=1S/C11H22N2O3/c1-5-6-11(4,9(15)16)13-8(14)7-10(2,3)12/h5-7,12H2,1-4H3,(H,13,14)(H,15,16). The monoisotopic (exact) mass is 230 g/mol. The molecule has 0 radical (unpaired) electrons. The summed E-state index contributed by atoms with van der Waals surface area (Å²) in [7, 11) is 0. The molecule has 0 aromatic heterocycles. The first-order valence-corrected chi connectivity index (χ1v) is 5.44. The Bertz CT molecular complexity index is 271. The largest absolute Gasteiger partial charge is 0.480 e. The molecule has 1 amide bonds. The van der Waals surface area contributed by atoms with Gasteiger partial charge in [0.2, 0.25) is 5.91 Å². The molecule has 0 saturated carbocycles. The molecule has 4 N–H and O–H groups in total. The first kappa shape index (κ1) is 14.9. The first-order chi connectivity index (χ1) is 7.10. The van der Waals surface area contributed by atoms with E-state index in [2.05, 4.69) is 5.32 Å². The predicted molar refractivity (Wildman–Crippen MR) is 62.0 cm³/mol. The third-order valence-electron chi connectivity index (χ3n) is 2.25. The third-order valence-corrected chi connectivity index (χ3v) is 2.25. The van der Waals surface area contributed by atoms with E-state index in [9.17, 15) is 9.59 Å². The van der Waals surface area contributed by atoms with E-state index in [1.807, 2.05) is 6.92 Å². The lowest BCUT2D eigenvalue weighted by atomic mass is 9.94. The Labute approximate surface area is 96.4 Å². The molecular formula is C11H22N2O3. The van der Waals surface area contributed by atoms with Gasteiger partial charge in [0, 0.05) is 12.0 Å². The summed E-state index contributed by atoms with van der Waals surface area (Å²) in [6, 6.07) is 0. The van der Waals surface area contributed by atoms with Crippen LogP contribution < -0.4 is 11.1 Å². The maximum Gasteiger partial charge on any atom is 0.329 e. The first-order valence-electron chi connectivity index (χ1n) is 5.44. The van der Waals surface area contributed by atoms with Crippen molar-refractivity contribution in [2.75, 3.05) is 0 Å². The van der Waals surface area contributed by atoms with E-state index in [1.165, 1.54) is 6.92 Å². The minimum Gasteiger partial charge on any atom is -0.480 e. The Morgan fingerprint density at radius 2 is 1.81 bits per heavy atom. The van der Waals surface area contributed by atoms with Crippen LogP contribution in [-0.4, -0.2) is 28.1 Å². The maximum absolute atomic E-state index is 11.6.